The van der Waals surface area contributed by atoms with E-state index in [4.69, 9.17) is 27.9 Å². The van der Waals surface area contributed by atoms with Crippen LogP contribution in [0.25, 0.3) is 0 Å². The Morgan fingerprint density at radius 2 is 1.86 bits per heavy atom. The molecular weight excluding hydrogens is 317 g/mol. The van der Waals surface area contributed by atoms with Crippen molar-refractivity contribution in [1.82, 2.24) is 0 Å². The predicted molar refractivity (Wildman–Crippen MR) is 90.9 cm³/mol. The molecule has 0 saturated carbocycles. The standard InChI is InChI=1S/C18H17Cl2NO/c1-3-13-9-12(7-8-17(13)22-2)10-14(11-21)18-15(19)5-4-6-16(18)20/h4-9,14H,3,10H2,1-2H3. The summed E-state index contributed by atoms with van der Waals surface area (Å²) < 4.78 is 5.34. The molecule has 0 aliphatic rings. The van der Waals surface area contributed by atoms with Crippen LogP contribution in [0.3, 0.4) is 0 Å². The normalized spacial score (nSPS) is 11.8. The second-order valence-electron chi connectivity index (χ2n) is 5.02. The van der Waals surface area contributed by atoms with E-state index in [0.29, 0.717) is 22.0 Å². The molecule has 0 spiro atoms. The number of hydrogen-bond acceptors (Lipinski definition) is 2. The van der Waals surface area contributed by atoms with Crippen molar-refractivity contribution in [3.05, 3.63) is 63.1 Å². The number of halogens is 2. The lowest BCUT2D eigenvalue weighted by Gasteiger charge is -2.15. The second kappa shape index (κ2) is 7.54. The molecule has 0 saturated heterocycles. The molecule has 1 atom stereocenters. The van der Waals surface area contributed by atoms with Gasteiger partial charge in [-0.05, 0) is 42.2 Å². The summed E-state index contributed by atoms with van der Waals surface area (Å²) in [6, 6.07) is 13.6. The van der Waals surface area contributed by atoms with Crippen molar-refractivity contribution in [2.75, 3.05) is 7.11 Å². The lowest BCUT2D eigenvalue weighted by Crippen LogP contribution is -2.03. The van der Waals surface area contributed by atoms with Crippen LogP contribution in [0, 0.1) is 11.3 Å². The van der Waals surface area contributed by atoms with Gasteiger partial charge in [-0.25, -0.2) is 0 Å². The van der Waals surface area contributed by atoms with Crippen molar-refractivity contribution >= 4 is 23.2 Å². The van der Waals surface area contributed by atoms with E-state index in [9.17, 15) is 5.26 Å². The Labute approximate surface area is 141 Å². The van der Waals surface area contributed by atoms with Crippen molar-refractivity contribution in [3.63, 3.8) is 0 Å². The molecule has 2 aromatic carbocycles. The summed E-state index contributed by atoms with van der Waals surface area (Å²) in [5.41, 5.74) is 2.89. The van der Waals surface area contributed by atoms with Crippen LogP contribution in [0.2, 0.25) is 10.0 Å². The average molecular weight is 334 g/mol. The van der Waals surface area contributed by atoms with Gasteiger partial charge in [0.15, 0.2) is 0 Å². The Morgan fingerprint density at radius 1 is 1.18 bits per heavy atom. The molecule has 2 aromatic rings. The van der Waals surface area contributed by atoms with Crippen molar-refractivity contribution < 1.29 is 4.74 Å². The van der Waals surface area contributed by atoms with Gasteiger partial charge < -0.3 is 4.74 Å². The lowest BCUT2D eigenvalue weighted by atomic mass is 9.92. The van der Waals surface area contributed by atoms with Crippen LogP contribution in [0.4, 0.5) is 0 Å². The number of rotatable bonds is 5. The van der Waals surface area contributed by atoms with E-state index in [2.05, 4.69) is 19.1 Å². The molecule has 0 radical (unpaired) electrons. The first-order valence-electron chi connectivity index (χ1n) is 7.10. The van der Waals surface area contributed by atoms with Gasteiger partial charge in [-0.3, -0.25) is 0 Å². The lowest BCUT2D eigenvalue weighted by molar-refractivity contribution is 0.410. The third-order valence-corrected chi connectivity index (χ3v) is 4.33. The number of ether oxygens (including phenoxy) is 1. The number of hydrogen-bond donors (Lipinski definition) is 0. The zero-order valence-corrected chi connectivity index (χ0v) is 14.1. The molecule has 0 amide bonds. The van der Waals surface area contributed by atoms with Gasteiger partial charge in [-0.15, -0.1) is 0 Å². The fourth-order valence-corrected chi connectivity index (χ4v) is 3.19. The molecular formula is C18H17Cl2NO. The van der Waals surface area contributed by atoms with Crippen LogP contribution in [-0.4, -0.2) is 7.11 Å². The zero-order valence-electron chi connectivity index (χ0n) is 12.6. The second-order valence-corrected chi connectivity index (χ2v) is 5.84. The predicted octanol–water partition coefficient (Wildman–Crippen LogP) is 5.41. The number of nitriles is 1. The smallest absolute Gasteiger partial charge is 0.122 e. The molecule has 0 bridgehead atoms. The van der Waals surface area contributed by atoms with E-state index in [1.54, 1.807) is 25.3 Å². The number of aryl methyl sites for hydroxylation is 1. The van der Waals surface area contributed by atoms with E-state index in [1.165, 1.54) is 0 Å². The van der Waals surface area contributed by atoms with Crippen molar-refractivity contribution in [2.45, 2.75) is 25.7 Å². The van der Waals surface area contributed by atoms with E-state index in [-0.39, 0.29) is 5.92 Å². The van der Waals surface area contributed by atoms with Crippen LogP contribution in [0.5, 0.6) is 5.75 Å². The monoisotopic (exact) mass is 333 g/mol. The van der Waals surface area contributed by atoms with Crippen LogP contribution in [0.15, 0.2) is 36.4 Å². The summed E-state index contributed by atoms with van der Waals surface area (Å²) in [5.74, 6) is 0.495. The Balaban J connectivity index is 2.34. The van der Waals surface area contributed by atoms with Gasteiger partial charge in [-0.2, -0.15) is 5.26 Å². The number of nitrogens with zero attached hydrogens (tertiary/aromatic N) is 1. The molecule has 0 heterocycles. The highest BCUT2D eigenvalue weighted by molar-refractivity contribution is 6.36. The SMILES string of the molecule is CCc1cc(CC(C#N)c2c(Cl)cccc2Cl)ccc1OC. The molecule has 22 heavy (non-hydrogen) atoms. The summed E-state index contributed by atoms with van der Waals surface area (Å²) >= 11 is 12.4. The molecule has 114 valence electrons. The quantitative estimate of drug-likeness (QED) is 0.732. The van der Waals surface area contributed by atoms with Crippen molar-refractivity contribution in [3.8, 4) is 11.8 Å². The van der Waals surface area contributed by atoms with Gasteiger partial charge in [0, 0.05) is 15.6 Å². The first-order chi connectivity index (χ1) is 10.6. The molecule has 0 N–H and O–H groups in total. The molecule has 2 rings (SSSR count). The van der Waals surface area contributed by atoms with Crippen LogP contribution in [0.1, 0.15) is 29.5 Å². The van der Waals surface area contributed by atoms with Gasteiger partial charge >= 0.3 is 0 Å². The summed E-state index contributed by atoms with van der Waals surface area (Å²) in [6.07, 6.45) is 1.44. The Kier molecular flexibility index (Phi) is 5.71. The maximum Gasteiger partial charge on any atom is 0.122 e. The summed E-state index contributed by atoms with van der Waals surface area (Å²) in [7, 11) is 1.66. The molecule has 0 aliphatic carbocycles. The maximum atomic E-state index is 9.52. The first-order valence-corrected chi connectivity index (χ1v) is 7.85. The minimum atomic E-state index is -0.376. The van der Waals surface area contributed by atoms with Gasteiger partial charge in [0.25, 0.3) is 0 Å². The van der Waals surface area contributed by atoms with Crippen LogP contribution < -0.4 is 4.74 Å². The average Bonchev–Trinajstić information content (AvgIpc) is 2.53. The van der Waals surface area contributed by atoms with Gasteiger partial charge in [0.05, 0.1) is 19.1 Å². The third kappa shape index (κ3) is 3.55. The van der Waals surface area contributed by atoms with E-state index < -0.39 is 0 Å². The molecule has 4 heteroatoms. The Hall–Kier alpha value is -1.69. The highest BCUT2D eigenvalue weighted by Crippen LogP contribution is 2.34. The maximum absolute atomic E-state index is 9.52. The molecule has 0 fully saturated rings. The third-order valence-electron chi connectivity index (χ3n) is 3.67. The Bertz CT molecular complexity index is 686. The van der Waals surface area contributed by atoms with E-state index >= 15 is 0 Å². The highest BCUT2D eigenvalue weighted by Gasteiger charge is 2.18. The fourth-order valence-electron chi connectivity index (χ4n) is 2.53. The van der Waals surface area contributed by atoms with E-state index in [0.717, 1.165) is 23.3 Å². The highest BCUT2D eigenvalue weighted by atomic mass is 35.5. The molecule has 0 aliphatic heterocycles. The van der Waals surface area contributed by atoms with E-state index in [1.807, 2.05) is 12.1 Å². The minimum Gasteiger partial charge on any atom is -0.496 e. The first kappa shape index (κ1) is 16.7. The number of benzene rings is 2. The summed E-state index contributed by atoms with van der Waals surface area (Å²) in [5, 5.41) is 10.6. The fraction of sp³-hybridized carbons (Fsp3) is 0.278. The van der Waals surface area contributed by atoms with Gasteiger partial charge in [0.2, 0.25) is 0 Å². The van der Waals surface area contributed by atoms with Crippen molar-refractivity contribution in [2.24, 2.45) is 0 Å². The minimum absolute atomic E-state index is 0.376. The van der Waals surface area contributed by atoms with Gasteiger partial charge in [0.1, 0.15) is 5.75 Å². The van der Waals surface area contributed by atoms with Crippen LogP contribution >= 0.6 is 23.2 Å². The molecule has 2 nitrogen and oxygen atoms in total. The summed E-state index contributed by atoms with van der Waals surface area (Å²) in [4.78, 5) is 0. The molecule has 0 aromatic heterocycles. The van der Waals surface area contributed by atoms with Crippen LogP contribution in [-0.2, 0) is 12.8 Å². The van der Waals surface area contributed by atoms with Gasteiger partial charge in [-0.1, -0.05) is 48.3 Å². The zero-order chi connectivity index (χ0) is 16.1. The van der Waals surface area contributed by atoms with Crippen molar-refractivity contribution in [1.29, 1.82) is 5.26 Å². The largest absolute Gasteiger partial charge is 0.496 e. The summed E-state index contributed by atoms with van der Waals surface area (Å²) in [6.45, 7) is 2.08. The topological polar surface area (TPSA) is 33.0 Å². The Morgan fingerprint density at radius 3 is 2.41 bits per heavy atom. The molecule has 1 unspecified atom stereocenters. The number of methoxy groups -OCH3 is 1.